The fourth-order valence-corrected chi connectivity index (χ4v) is 4.22. The van der Waals surface area contributed by atoms with Crippen LogP contribution in [0.15, 0.2) is 34.7 Å². The first-order chi connectivity index (χ1) is 14.9. The van der Waals surface area contributed by atoms with Crippen molar-refractivity contribution in [1.29, 1.82) is 0 Å². The predicted octanol–water partition coefficient (Wildman–Crippen LogP) is 3.26. The number of nitrogens with zero attached hydrogens (tertiary/aromatic N) is 2. The molecule has 2 heterocycles. The predicted molar refractivity (Wildman–Crippen MR) is 116 cm³/mol. The standard InChI is InChI=1S/C24H29N3O4/c1-15-4-8-22(16(2)12-15)30-14-19-6-9-23(31-19)24(29)26-18-5-7-21-20(13-18)25-17(3)27(21)10-11-28/h4,6,8-9,12,18,28H,5,7,10-11,13-14H2,1-3H3,(H,26,29). The van der Waals surface area contributed by atoms with Crippen molar-refractivity contribution >= 4 is 5.91 Å². The SMILES string of the molecule is Cc1ccc(OCc2ccc(C(=O)NC3CCc4c(nc(C)n4CCO)C3)o2)c(C)c1. The Morgan fingerprint density at radius 2 is 2.13 bits per heavy atom. The molecule has 164 valence electrons. The van der Waals surface area contributed by atoms with Crippen molar-refractivity contribution in [3.8, 4) is 5.75 Å². The molecule has 7 nitrogen and oxygen atoms in total. The lowest BCUT2D eigenvalue weighted by molar-refractivity contribution is 0.0901. The summed E-state index contributed by atoms with van der Waals surface area (Å²) in [5.74, 6) is 2.38. The van der Waals surface area contributed by atoms with E-state index in [2.05, 4.69) is 20.9 Å². The molecule has 1 atom stereocenters. The quantitative estimate of drug-likeness (QED) is 0.609. The van der Waals surface area contributed by atoms with Crippen LogP contribution in [0, 0.1) is 20.8 Å². The summed E-state index contributed by atoms with van der Waals surface area (Å²) in [7, 11) is 0. The van der Waals surface area contributed by atoms with Gasteiger partial charge in [0.1, 0.15) is 23.9 Å². The minimum atomic E-state index is -0.224. The average molecular weight is 424 g/mol. The number of aliphatic hydroxyl groups is 1. The van der Waals surface area contributed by atoms with E-state index >= 15 is 0 Å². The number of hydrogen-bond donors (Lipinski definition) is 2. The second-order valence-corrected chi connectivity index (χ2v) is 8.16. The molecule has 2 N–H and O–H groups in total. The largest absolute Gasteiger partial charge is 0.485 e. The van der Waals surface area contributed by atoms with Crippen molar-refractivity contribution in [2.24, 2.45) is 0 Å². The maximum absolute atomic E-state index is 12.7. The number of nitrogens with one attached hydrogen (secondary N) is 1. The highest BCUT2D eigenvalue weighted by atomic mass is 16.5. The first kappa shape index (κ1) is 21.2. The Hall–Kier alpha value is -3.06. The fourth-order valence-electron chi connectivity index (χ4n) is 4.22. The van der Waals surface area contributed by atoms with Gasteiger partial charge in [0.2, 0.25) is 0 Å². The number of rotatable bonds is 7. The second kappa shape index (κ2) is 8.98. The maximum atomic E-state index is 12.7. The molecule has 4 rings (SSSR count). The molecular formula is C24H29N3O4. The number of carbonyl (C=O) groups excluding carboxylic acids is 1. The van der Waals surface area contributed by atoms with Crippen LogP contribution in [-0.4, -0.2) is 33.2 Å². The van der Waals surface area contributed by atoms with Crippen LogP contribution in [0.3, 0.4) is 0 Å². The van der Waals surface area contributed by atoms with Crippen molar-refractivity contribution in [3.05, 3.63) is 70.2 Å². The summed E-state index contributed by atoms with van der Waals surface area (Å²) in [6.45, 7) is 6.93. The van der Waals surface area contributed by atoms with Gasteiger partial charge < -0.3 is 24.1 Å². The smallest absolute Gasteiger partial charge is 0.287 e. The molecule has 1 amide bonds. The van der Waals surface area contributed by atoms with Gasteiger partial charge in [0.15, 0.2) is 5.76 Å². The van der Waals surface area contributed by atoms with Crippen molar-refractivity contribution in [2.45, 2.75) is 59.2 Å². The molecule has 0 saturated carbocycles. The zero-order valence-corrected chi connectivity index (χ0v) is 18.3. The van der Waals surface area contributed by atoms with E-state index < -0.39 is 0 Å². The van der Waals surface area contributed by atoms with Crippen LogP contribution >= 0.6 is 0 Å². The van der Waals surface area contributed by atoms with Gasteiger partial charge in [-0.3, -0.25) is 4.79 Å². The van der Waals surface area contributed by atoms with Gasteiger partial charge in [0.25, 0.3) is 5.91 Å². The zero-order chi connectivity index (χ0) is 22.0. The fraction of sp³-hybridized carbons (Fsp3) is 0.417. The monoisotopic (exact) mass is 423 g/mol. The number of ether oxygens (including phenoxy) is 1. The molecule has 3 aromatic rings. The highest BCUT2D eigenvalue weighted by molar-refractivity contribution is 5.91. The summed E-state index contributed by atoms with van der Waals surface area (Å²) in [4.78, 5) is 17.3. The van der Waals surface area contributed by atoms with Crippen LogP contribution in [-0.2, 0) is 26.0 Å². The lowest BCUT2D eigenvalue weighted by Crippen LogP contribution is -2.39. The number of furan rings is 1. The maximum Gasteiger partial charge on any atom is 0.287 e. The van der Waals surface area contributed by atoms with E-state index in [0.29, 0.717) is 18.7 Å². The van der Waals surface area contributed by atoms with Crippen LogP contribution in [0.2, 0.25) is 0 Å². The molecule has 0 radical (unpaired) electrons. The van der Waals surface area contributed by atoms with Gasteiger partial charge in [-0.15, -0.1) is 0 Å². The molecule has 0 spiro atoms. The van der Waals surface area contributed by atoms with Crippen LogP contribution in [0.4, 0.5) is 0 Å². The topological polar surface area (TPSA) is 89.5 Å². The Balaban J connectivity index is 1.34. The molecule has 0 bridgehead atoms. The van der Waals surface area contributed by atoms with Gasteiger partial charge in [-0.25, -0.2) is 4.98 Å². The highest BCUT2D eigenvalue weighted by Crippen LogP contribution is 2.23. The van der Waals surface area contributed by atoms with E-state index in [9.17, 15) is 9.90 Å². The van der Waals surface area contributed by atoms with Gasteiger partial charge in [-0.05, 0) is 57.4 Å². The summed E-state index contributed by atoms with van der Waals surface area (Å²) in [6.07, 6.45) is 2.34. The minimum absolute atomic E-state index is 0.0110. The molecule has 0 aliphatic heterocycles. The van der Waals surface area contributed by atoms with Gasteiger partial charge in [0, 0.05) is 24.7 Å². The van der Waals surface area contributed by atoms with E-state index in [1.54, 1.807) is 12.1 Å². The zero-order valence-electron chi connectivity index (χ0n) is 18.3. The van der Waals surface area contributed by atoms with Gasteiger partial charge in [-0.1, -0.05) is 17.7 Å². The third kappa shape index (κ3) is 4.66. The van der Waals surface area contributed by atoms with Gasteiger partial charge in [-0.2, -0.15) is 0 Å². The Morgan fingerprint density at radius 3 is 2.90 bits per heavy atom. The molecule has 0 fully saturated rings. The average Bonchev–Trinajstić information content (AvgIpc) is 3.32. The molecule has 7 heteroatoms. The Morgan fingerprint density at radius 1 is 1.29 bits per heavy atom. The Labute approximate surface area is 182 Å². The first-order valence-electron chi connectivity index (χ1n) is 10.7. The van der Waals surface area contributed by atoms with Crippen LogP contribution in [0.25, 0.3) is 0 Å². The Kier molecular flexibility index (Phi) is 6.13. The minimum Gasteiger partial charge on any atom is -0.485 e. The van der Waals surface area contributed by atoms with E-state index in [-0.39, 0.29) is 30.9 Å². The molecule has 1 aliphatic rings. The summed E-state index contributed by atoms with van der Waals surface area (Å²) in [5.41, 5.74) is 4.43. The molecule has 1 unspecified atom stereocenters. The lowest BCUT2D eigenvalue weighted by atomic mass is 9.95. The number of aryl methyl sites for hydroxylation is 3. The summed E-state index contributed by atoms with van der Waals surface area (Å²) >= 11 is 0. The molecule has 1 aromatic carbocycles. The summed E-state index contributed by atoms with van der Waals surface area (Å²) < 4.78 is 13.6. The third-order valence-corrected chi connectivity index (χ3v) is 5.76. The van der Waals surface area contributed by atoms with Crippen LogP contribution in [0.5, 0.6) is 5.75 Å². The number of benzene rings is 1. The van der Waals surface area contributed by atoms with E-state index in [1.807, 2.05) is 32.9 Å². The molecule has 0 saturated heterocycles. The molecule has 31 heavy (non-hydrogen) atoms. The third-order valence-electron chi connectivity index (χ3n) is 5.76. The van der Waals surface area contributed by atoms with E-state index in [4.69, 9.17) is 9.15 Å². The number of carbonyl (C=O) groups is 1. The Bertz CT molecular complexity index is 1080. The van der Waals surface area contributed by atoms with Crippen molar-refractivity contribution < 1.29 is 19.1 Å². The van der Waals surface area contributed by atoms with Crippen molar-refractivity contribution in [2.75, 3.05) is 6.61 Å². The van der Waals surface area contributed by atoms with E-state index in [1.165, 1.54) is 11.3 Å². The first-order valence-corrected chi connectivity index (χ1v) is 10.7. The number of aromatic nitrogens is 2. The normalized spacial score (nSPS) is 15.5. The lowest BCUT2D eigenvalue weighted by Gasteiger charge is -2.23. The van der Waals surface area contributed by atoms with Crippen LogP contribution in [0.1, 0.15) is 51.1 Å². The summed E-state index contributed by atoms with van der Waals surface area (Å²) in [6, 6.07) is 9.49. The summed E-state index contributed by atoms with van der Waals surface area (Å²) in [5, 5.41) is 12.3. The van der Waals surface area contributed by atoms with Gasteiger partial charge >= 0.3 is 0 Å². The second-order valence-electron chi connectivity index (χ2n) is 8.16. The van der Waals surface area contributed by atoms with Gasteiger partial charge in [0.05, 0.1) is 12.3 Å². The van der Waals surface area contributed by atoms with Crippen molar-refractivity contribution in [1.82, 2.24) is 14.9 Å². The highest BCUT2D eigenvalue weighted by Gasteiger charge is 2.26. The van der Waals surface area contributed by atoms with Crippen LogP contribution < -0.4 is 10.1 Å². The number of amides is 1. The molecular weight excluding hydrogens is 394 g/mol. The molecule has 2 aromatic heterocycles. The van der Waals surface area contributed by atoms with Crippen molar-refractivity contribution in [3.63, 3.8) is 0 Å². The number of hydrogen-bond acceptors (Lipinski definition) is 5. The number of fused-ring (bicyclic) bond motifs is 1. The van der Waals surface area contributed by atoms with E-state index in [0.717, 1.165) is 35.7 Å². The number of aliphatic hydroxyl groups excluding tert-OH is 1. The molecule has 1 aliphatic carbocycles. The number of imidazole rings is 1.